The molecule has 2 aliphatic carbocycles. The van der Waals surface area contributed by atoms with E-state index in [4.69, 9.17) is 4.74 Å². The Kier molecular flexibility index (Phi) is 8.82. The van der Waals surface area contributed by atoms with Gasteiger partial charge in [0.2, 0.25) is 0 Å². The zero-order valence-electron chi connectivity index (χ0n) is 20.1. The van der Waals surface area contributed by atoms with Gasteiger partial charge in [-0.3, -0.25) is 4.79 Å². The quantitative estimate of drug-likeness (QED) is 0.264. The van der Waals surface area contributed by atoms with Crippen LogP contribution in [0.5, 0.6) is 0 Å². The zero-order valence-corrected chi connectivity index (χ0v) is 20.1. The lowest BCUT2D eigenvalue weighted by Crippen LogP contribution is -2.41. The maximum atomic E-state index is 12.7. The molecule has 3 aliphatic rings. The molecule has 3 rings (SSSR count). The molecule has 172 valence electrons. The van der Waals surface area contributed by atoms with Gasteiger partial charge in [0.25, 0.3) is 0 Å². The van der Waals surface area contributed by atoms with Crippen LogP contribution >= 0.6 is 0 Å². The number of carbonyl (C=O) groups excluding carboxylic acids is 1. The molecular formula is C26H46N2O2. The summed E-state index contributed by atoms with van der Waals surface area (Å²) in [6.45, 7) is 14.7. The van der Waals surface area contributed by atoms with Gasteiger partial charge < -0.3 is 15.0 Å². The lowest BCUT2D eigenvalue weighted by molar-refractivity contribution is -0.145. The molecule has 2 fully saturated rings. The van der Waals surface area contributed by atoms with Gasteiger partial charge in [0.15, 0.2) is 0 Å². The van der Waals surface area contributed by atoms with Gasteiger partial charge in [-0.25, -0.2) is 0 Å². The van der Waals surface area contributed by atoms with E-state index in [1.807, 2.05) is 0 Å². The highest BCUT2D eigenvalue weighted by molar-refractivity contribution is 5.76. The second kappa shape index (κ2) is 11.1. The summed E-state index contributed by atoms with van der Waals surface area (Å²) < 4.78 is 5.90. The number of esters is 1. The van der Waals surface area contributed by atoms with E-state index in [1.165, 1.54) is 64.6 Å². The molecule has 1 aliphatic heterocycles. The molecule has 0 aromatic carbocycles. The molecule has 30 heavy (non-hydrogen) atoms. The first-order chi connectivity index (χ1) is 14.5. The summed E-state index contributed by atoms with van der Waals surface area (Å²) in [6, 6.07) is 0. The van der Waals surface area contributed by atoms with Crippen molar-refractivity contribution in [2.45, 2.75) is 98.0 Å². The first-order valence-electron chi connectivity index (χ1n) is 12.8. The average molecular weight is 419 g/mol. The highest BCUT2D eigenvalue weighted by Crippen LogP contribution is 2.54. The predicted molar refractivity (Wildman–Crippen MR) is 124 cm³/mol. The van der Waals surface area contributed by atoms with Crippen LogP contribution in [0.4, 0.5) is 0 Å². The minimum atomic E-state index is 0.0399. The summed E-state index contributed by atoms with van der Waals surface area (Å²) >= 11 is 0. The smallest absolute Gasteiger partial charge is 0.310 e. The fourth-order valence-corrected chi connectivity index (χ4v) is 6.13. The van der Waals surface area contributed by atoms with Crippen LogP contribution in [0, 0.1) is 17.3 Å². The SMILES string of the molecule is CCCCN(CCCC)CCCNC[C@@H]1C(=O)O[C@H]2C[C@@]3(C)CCCC(C)=C3C[C@@H]21. The van der Waals surface area contributed by atoms with Gasteiger partial charge in [-0.1, -0.05) is 44.8 Å². The number of nitrogens with one attached hydrogen (secondary N) is 1. The van der Waals surface area contributed by atoms with Gasteiger partial charge in [0, 0.05) is 12.5 Å². The highest BCUT2D eigenvalue weighted by atomic mass is 16.6. The maximum absolute atomic E-state index is 12.7. The van der Waals surface area contributed by atoms with Crippen LogP contribution in [-0.2, 0) is 9.53 Å². The summed E-state index contributed by atoms with van der Waals surface area (Å²) in [7, 11) is 0. The third-order valence-corrected chi connectivity index (χ3v) is 8.03. The lowest BCUT2D eigenvalue weighted by Gasteiger charge is -2.45. The lowest BCUT2D eigenvalue weighted by atomic mass is 9.59. The Balaban J connectivity index is 1.46. The van der Waals surface area contributed by atoms with Crippen molar-refractivity contribution in [3.05, 3.63) is 11.1 Å². The van der Waals surface area contributed by atoms with Crippen molar-refractivity contribution in [3.8, 4) is 0 Å². The topological polar surface area (TPSA) is 41.6 Å². The number of rotatable bonds is 12. The van der Waals surface area contributed by atoms with Gasteiger partial charge in [0.1, 0.15) is 6.10 Å². The van der Waals surface area contributed by atoms with E-state index in [1.54, 1.807) is 11.1 Å². The summed E-state index contributed by atoms with van der Waals surface area (Å²) in [5.41, 5.74) is 3.51. The van der Waals surface area contributed by atoms with Crippen molar-refractivity contribution in [2.75, 3.05) is 32.7 Å². The molecular weight excluding hydrogens is 372 g/mol. The Morgan fingerprint density at radius 3 is 2.53 bits per heavy atom. The number of nitrogens with zero attached hydrogens (tertiary/aromatic N) is 1. The third-order valence-electron chi connectivity index (χ3n) is 8.03. The van der Waals surface area contributed by atoms with Crippen LogP contribution in [-0.4, -0.2) is 49.7 Å². The van der Waals surface area contributed by atoms with Gasteiger partial charge in [-0.05, 0) is 89.9 Å². The zero-order chi connectivity index (χ0) is 21.6. The second-order valence-electron chi connectivity index (χ2n) is 10.4. The molecule has 0 unspecified atom stereocenters. The highest BCUT2D eigenvalue weighted by Gasteiger charge is 2.52. The number of allylic oxidation sites excluding steroid dienone is 2. The first-order valence-corrected chi connectivity index (χ1v) is 12.8. The number of hydrogen-bond acceptors (Lipinski definition) is 4. The molecule has 1 heterocycles. The normalized spacial score (nSPS) is 31.1. The minimum absolute atomic E-state index is 0.0399. The van der Waals surface area contributed by atoms with Crippen LogP contribution in [0.3, 0.4) is 0 Å². The number of unbranched alkanes of at least 4 members (excludes halogenated alkanes) is 2. The van der Waals surface area contributed by atoms with E-state index >= 15 is 0 Å². The summed E-state index contributed by atoms with van der Waals surface area (Å²) in [5.74, 6) is 0.468. The average Bonchev–Trinajstić information content (AvgIpc) is 3.01. The molecule has 4 atom stereocenters. The first kappa shape index (κ1) is 23.8. The Morgan fingerprint density at radius 1 is 1.13 bits per heavy atom. The molecule has 0 bridgehead atoms. The van der Waals surface area contributed by atoms with Crippen molar-refractivity contribution in [2.24, 2.45) is 17.3 Å². The Labute approximate surface area is 185 Å². The van der Waals surface area contributed by atoms with Crippen LogP contribution < -0.4 is 5.32 Å². The molecule has 1 N–H and O–H groups in total. The van der Waals surface area contributed by atoms with E-state index < -0.39 is 0 Å². The Hall–Kier alpha value is -0.870. The molecule has 0 radical (unpaired) electrons. The fourth-order valence-electron chi connectivity index (χ4n) is 6.13. The molecule has 4 heteroatoms. The molecule has 1 saturated heterocycles. The van der Waals surface area contributed by atoms with E-state index in [9.17, 15) is 4.79 Å². The van der Waals surface area contributed by atoms with Crippen LogP contribution in [0.15, 0.2) is 11.1 Å². The van der Waals surface area contributed by atoms with E-state index in [2.05, 4.69) is 37.9 Å². The molecule has 0 aromatic heterocycles. The van der Waals surface area contributed by atoms with Gasteiger partial charge in [-0.15, -0.1) is 0 Å². The number of fused-ring (bicyclic) bond motifs is 2. The number of ether oxygens (including phenoxy) is 1. The molecule has 1 saturated carbocycles. The maximum Gasteiger partial charge on any atom is 0.310 e. The monoisotopic (exact) mass is 418 g/mol. The number of hydrogen-bond donors (Lipinski definition) is 1. The summed E-state index contributed by atoms with van der Waals surface area (Å²) in [4.78, 5) is 15.3. The van der Waals surface area contributed by atoms with Crippen molar-refractivity contribution >= 4 is 5.97 Å². The molecule has 4 nitrogen and oxygen atoms in total. The Morgan fingerprint density at radius 2 is 1.83 bits per heavy atom. The minimum Gasteiger partial charge on any atom is -0.462 e. The van der Waals surface area contributed by atoms with Gasteiger partial charge in [0.05, 0.1) is 5.92 Å². The van der Waals surface area contributed by atoms with Gasteiger partial charge >= 0.3 is 5.97 Å². The van der Waals surface area contributed by atoms with Gasteiger partial charge in [-0.2, -0.15) is 0 Å². The summed E-state index contributed by atoms with van der Waals surface area (Å²) in [6.07, 6.45) is 12.3. The molecule has 0 amide bonds. The van der Waals surface area contributed by atoms with E-state index in [-0.39, 0.29) is 23.4 Å². The fraction of sp³-hybridized carbons (Fsp3) is 0.885. The van der Waals surface area contributed by atoms with E-state index in [0.717, 1.165) is 32.4 Å². The standard InChI is InChI=1S/C26H46N2O2/c1-5-7-14-28(15-8-6-2)16-10-13-27-19-22-21-17-23-20(3)11-9-12-26(23,4)18-24(21)30-25(22)29/h21-22,24,27H,5-19H2,1-4H3/t21-,22+,24+,26-/m1/s1. The predicted octanol–water partition coefficient (Wildman–Crippen LogP) is 5.33. The van der Waals surface area contributed by atoms with Crippen LogP contribution in [0.1, 0.15) is 91.9 Å². The van der Waals surface area contributed by atoms with Crippen molar-refractivity contribution in [1.29, 1.82) is 0 Å². The number of carbonyl (C=O) groups is 1. The van der Waals surface area contributed by atoms with Crippen molar-refractivity contribution < 1.29 is 9.53 Å². The van der Waals surface area contributed by atoms with Crippen molar-refractivity contribution in [3.63, 3.8) is 0 Å². The molecule has 0 aromatic rings. The van der Waals surface area contributed by atoms with Crippen LogP contribution in [0.2, 0.25) is 0 Å². The van der Waals surface area contributed by atoms with Crippen molar-refractivity contribution in [1.82, 2.24) is 10.2 Å². The largest absolute Gasteiger partial charge is 0.462 e. The molecule has 0 spiro atoms. The van der Waals surface area contributed by atoms with Crippen LogP contribution in [0.25, 0.3) is 0 Å². The second-order valence-corrected chi connectivity index (χ2v) is 10.4. The third kappa shape index (κ3) is 5.68. The van der Waals surface area contributed by atoms with E-state index in [0.29, 0.717) is 5.92 Å². The Bertz CT molecular complexity index is 594. The summed E-state index contributed by atoms with van der Waals surface area (Å²) in [5, 5.41) is 3.61.